The Kier molecular flexibility index (Phi) is 4.56. The molecule has 0 unspecified atom stereocenters. The Morgan fingerprint density at radius 3 is 2.47 bits per heavy atom. The lowest BCUT2D eigenvalue weighted by Gasteiger charge is -2.23. The quantitative estimate of drug-likeness (QED) is 0.776. The number of Topliss-reactive ketones (excluding diaryl/α,β-unsaturated/α-hetero) is 1. The van der Waals surface area contributed by atoms with Crippen LogP contribution in [0.15, 0.2) is 42.5 Å². The van der Waals surface area contributed by atoms with Gasteiger partial charge in [0.1, 0.15) is 5.78 Å². The summed E-state index contributed by atoms with van der Waals surface area (Å²) in [6.45, 7) is 5.79. The summed E-state index contributed by atoms with van der Waals surface area (Å²) < 4.78 is 0. The first-order valence-corrected chi connectivity index (χ1v) is 7.00. The molecule has 0 aliphatic rings. The fourth-order valence-corrected chi connectivity index (χ4v) is 2.28. The van der Waals surface area contributed by atoms with Crippen molar-refractivity contribution in [3.8, 4) is 0 Å². The molecule has 2 rings (SSSR count). The lowest BCUT2D eigenvalue weighted by molar-refractivity contribution is -0.118. The van der Waals surface area contributed by atoms with Crippen LogP contribution in [0.4, 0.5) is 5.69 Å². The maximum Gasteiger partial charge on any atom is 0.134 e. The Hall–Kier alpha value is -1.83. The van der Waals surface area contributed by atoms with Crippen molar-refractivity contribution in [2.45, 2.75) is 26.7 Å². The molecule has 0 N–H and O–H groups in total. The normalized spacial score (nSPS) is 10.6. The van der Waals surface area contributed by atoms with Gasteiger partial charge < -0.3 is 4.90 Å². The fourth-order valence-electron chi connectivity index (χ4n) is 2.28. The average molecular weight is 255 g/mol. The minimum atomic E-state index is 0.333. The van der Waals surface area contributed by atoms with Crippen molar-refractivity contribution < 1.29 is 4.79 Å². The lowest BCUT2D eigenvalue weighted by Crippen LogP contribution is -2.25. The van der Waals surface area contributed by atoms with Crippen LogP contribution in [0.5, 0.6) is 0 Å². The number of ketones is 1. The SMILES string of the molecule is CCC(=O)CCN(CC)c1ccc2ccccc2c1. The summed E-state index contributed by atoms with van der Waals surface area (Å²) in [6.07, 6.45) is 1.27. The number of carbonyl (C=O) groups excluding carboxylic acids is 1. The summed E-state index contributed by atoms with van der Waals surface area (Å²) in [5.41, 5.74) is 1.20. The predicted molar refractivity (Wildman–Crippen MR) is 81.8 cm³/mol. The lowest BCUT2D eigenvalue weighted by atomic mass is 10.1. The van der Waals surface area contributed by atoms with E-state index in [0.29, 0.717) is 18.6 Å². The highest BCUT2D eigenvalue weighted by atomic mass is 16.1. The molecule has 0 aliphatic heterocycles. The first-order chi connectivity index (χ1) is 9.24. The molecular formula is C17H21NO. The van der Waals surface area contributed by atoms with Crippen molar-refractivity contribution in [3.05, 3.63) is 42.5 Å². The number of rotatable bonds is 6. The fraction of sp³-hybridized carbons (Fsp3) is 0.353. The van der Waals surface area contributed by atoms with Gasteiger partial charge in [-0.25, -0.2) is 0 Å². The molecular weight excluding hydrogens is 234 g/mol. The Morgan fingerprint density at radius 2 is 1.79 bits per heavy atom. The Morgan fingerprint density at radius 1 is 1.05 bits per heavy atom. The Labute approximate surface area is 115 Å². The largest absolute Gasteiger partial charge is 0.371 e. The smallest absolute Gasteiger partial charge is 0.134 e. The van der Waals surface area contributed by atoms with Gasteiger partial charge in [-0.05, 0) is 29.8 Å². The summed E-state index contributed by atoms with van der Waals surface area (Å²) in [5, 5.41) is 2.51. The Bertz CT molecular complexity index is 562. The van der Waals surface area contributed by atoms with E-state index in [1.54, 1.807) is 0 Å². The van der Waals surface area contributed by atoms with Crippen LogP contribution in [0.25, 0.3) is 10.8 Å². The minimum Gasteiger partial charge on any atom is -0.371 e. The highest BCUT2D eigenvalue weighted by molar-refractivity contribution is 5.86. The second kappa shape index (κ2) is 6.37. The molecule has 0 bridgehead atoms. The first kappa shape index (κ1) is 13.6. The van der Waals surface area contributed by atoms with E-state index in [-0.39, 0.29) is 0 Å². The van der Waals surface area contributed by atoms with Crippen LogP contribution in [0.2, 0.25) is 0 Å². The van der Waals surface area contributed by atoms with Crippen LogP contribution in [-0.4, -0.2) is 18.9 Å². The van der Waals surface area contributed by atoms with E-state index in [1.807, 2.05) is 6.92 Å². The number of carbonyl (C=O) groups is 1. The molecule has 2 heteroatoms. The van der Waals surface area contributed by atoms with Crippen molar-refractivity contribution in [3.63, 3.8) is 0 Å². The van der Waals surface area contributed by atoms with E-state index < -0.39 is 0 Å². The molecule has 2 aromatic carbocycles. The average Bonchev–Trinajstić information content (AvgIpc) is 2.47. The van der Waals surface area contributed by atoms with E-state index >= 15 is 0 Å². The van der Waals surface area contributed by atoms with Gasteiger partial charge in [-0.1, -0.05) is 37.3 Å². The van der Waals surface area contributed by atoms with Crippen molar-refractivity contribution in [2.24, 2.45) is 0 Å². The number of hydrogen-bond donors (Lipinski definition) is 0. The zero-order valence-electron chi connectivity index (χ0n) is 11.7. The second-order valence-corrected chi connectivity index (χ2v) is 4.75. The number of benzene rings is 2. The van der Waals surface area contributed by atoms with Gasteiger partial charge in [0.25, 0.3) is 0 Å². The summed E-state index contributed by atoms with van der Waals surface area (Å²) in [5.74, 6) is 0.333. The van der Waals surface area contributed by atoms with Crippen LogP contribution in [0.3, 0.4) is 0 Å². The van der Waals surface area contributed by atoms with Gasteiger partial charge in [0.15, 0.2) is 0 Å². The van der Waals surface area contributed by atoms with Crippen LogP contribution in [0.1, 0.15) is 26.7 Å². The topological polar surface area (TPSA) is 20.3 Å². The molecule has 0 heterocycles. The zero-order chi connectivity index (χ0) is 13.7. The van der Waals surface area contributed by atoms with Crippen LogP contribution in [0, 0.1) is 0 Å². The van der Waals surface area contributed by atoms with Crippen molar-refractivity contribution >= 4 is 22.2 Å². The highest BCUT2D eigenvalue weighted by Gasteiger charge is 2.07. The molecule has 19 heavy (non-hydrogen) atoms. The van der Waals surface area contributed by atoms with Crippen molar-refractivity contribution in [2.75, 3.05) is 18.0 Å². The molecule has 0 fully saturated rings. The van der Waals surface area contributed by atoms with Gasteiger partial charge >= 0.3 is 0 Å². The van der Waals surface area contributed by atoms with E-state index in [4.69, 9.17) is 0 Å². The molecule has 2 aromatic rings. The molecule has 0 saturated heterocycles. The molecule has 2 nitrogen and oxygen atoms in total. The highest BCUT2D eigenvalue weighted by Crippen LogP contribution is 2.22. The molecule has 0 amide bonds. The maximum atomic E-state index is 11.4. The third-order valence-electron chi connectivity index (χ3n) is 3.53. The van der Waals surface area contributed by atoms with E-state index in [0.717, 1.165) is 13.1 Å². The number of hydrogen-bond acceptors (Lipinski definition) is 2. The van der Waals surface area contributed by atoms with Crippen molar-refractivity contribution in [1.29, 1.82) is 0 Å². The standard InChI is InChI=1S/C17H21NO/c1-3-17(19)11-12-18(4-2)16-10-9-14-7-5-6-8-15(14)13-16/h5-10,13H,3-4,11-12H2,1-2H3. The second-order valence-electron chi connectivity index (χ2n) is 4.75. The van der Waals surface area contributed by atoms with Crippen LogP contribution < -0.4 is 4.90 Å². The Balaban J connectivity index is 2.18. The number of anilines is 1. The zero-order valence-corrected chi connectivity index (χ0v) is 11.7. The number of fused-ring (bicyclic) bond motifs is 1. The van der Waals surface area contributed by atoms with E-state index in [1.165, 1.54) is 16.5 Å². The summed E-state index contributed by atoms with van der Waals surface area (Å²) in [4.78, 5) is 13.7. The third kappa shape index (κ3) is 3.34. The van der Waals surface area contributed by atoms with E-state index in [9.17, 15) is 4.79 Å². The molecule has 0 spiro atoms. The molecule has 0 radical (unpaired) electrons. The van der Waals surface area contributed by atoms with E-state index in [2.05, 4.69) is 54.3 Å². The molecule has 0 atom stereocenters. The summed E-state index contributed by atoms with van der Waals surface area (Å²) in [6, 6.07) is 14.9. The van der Waals surface area contributed by atoms with Gasteiger partial charge in [0, 0.05) is 31.6 Å². The van der Waals surface area contributed by atoms with Crippen molar-refractivity contribution in [1.82, 2.24) is 0 Å². The first-order valence-electron chi connectivity index (χ1n) is 7.00. The molecule has 0 saturated carbocycles. The van der Waals surface area contributed by atoms with Gasteiger partial charge in [0.2, 0.25) is 0 Å². The summed E-state index contributed by atoms with van der Waals surface area (Å²) in [7, 11) is 0. The monoisotopic (exact) mass is 255 g/mol. The third-order valence-corrected chi connectivity index (χ3v) is 3.53. The number of nitrogens with zero attached hydrogens (tertiary/aromatic N) is 1. The van der Waals surface area contributed by atoms with Crippen LogP contribution >= 0.6 is 0 Å². The van der Waals surface area contributed by atoms with Gasteiger partial charge in [-0.15, -0.1) is 0 Å². The molecule has 0 aromatic heterocycles. The maximum absolute atomic E-state index is 11.4. The molecule has 0 aliphatic carbocycles. The summed E-state index contributed by atoms with van der Waals surface area (Å²) >= 11 is 0. The molecule has 100 valence electrons. The minimum absolute atomic E-state index is 0.333. The van der Waals surface area contributed by atoms with Gasteiger partial charge in [-0.3, -0.25) is 4.79 Å². The predicted octanol–water partition coefficient (Wildman–Crippen LogP) is 4.04. The van der Waals surface area contributed by atoms with Gasteiger partial charge in [-0.2, -0.15) is 0 Å². The van der Waals surface area contributed by atoms with Crippen LogP contribution in [-0.2, 0) is 4.79 Å². The van der Waals surface area contributed by atoms with Gasteiger partial charge in [0.05, 0.1) is 0 Å².